The molecule has 3 aromatic rings. The molecule has 1 fully saturated rings. The summed E-state index contributed by atoms with van der Waals surface area (Å²) in [6.07, 6.45) is 1.48. The molecular weight excluding hydrogens is 454 g/mol. The molecule has 0 bridgehead atoms. The molecule has 0 saturated carbocycles. The summed E-state index contributed by atoms with van der Waals surface area (Å²) in [6.45, 7) is 5.32. The highest BCUT2D eigenvalue weighted by molar-refractivity contribution is 6.46. The molecule has 36 heavy (non-hydrogen) atoms. The Balaban J connectivity index is 1.75. The van der Waals surface area contributed by atoms with Gasteiger partial charge in [-0.15, -0.1) is 0 Å². The number of aliphatic hydroxyl groups excluding tert-OH is 1. The lowest BCUT2D eigenvalue weighted by Gasteiger charge is -2.25. The van der Waals surface area contributed by atoms with Crippen LogP contribution in [0.25, 0.3) is 5.76 Å². The van der Waals surface area contributed by atoms with Crippen LogP contribution in [0.15, 0.2) is 84.4 Å². The normalized spacial score (nSPS) is 16.8. The van der Waals surface area contributed by atoms with Crippen LogP contribution >= 0.6 is 0 Å². The van der Waals surface area contributed by atoms with Gasteiger partial charge in [0, 0.05) is 12.1 Å². The van der Waals surface area contributed by atoms with Crippen molar-refractivity contribution in [3.05, 3.63) is 101 Å². The van der Waals surface area contributed by atoms with Crippen LogP contribution in [0.2, 0.25) is 0 Å². The van der Waals surface area contributed by atoms with Crippen LogP contribution in [-0.4, -0.2) is 41.5 Å². The van der Waals surface area contributed by atoms with Gasteiger partial charge in [-0.2, -0.15) is 0 Å². The molecule has 1 unspecified atom stereocenters. The van der Waals surface area contributed by atoms with Crippen molar-refractivity contribution in [3.8, 4) is 11.5 Å². The van der Waals surface area contributed by atoms with Crippen LogP contribution in [0, 0.1) is 0 Å². The van der Waals surface area contributed by atoms with Gasteiger partial charge in [0.25, 0.3) is 11.7 Å². The van der Waals surface area contributed by atoms with E-state index in [0.717, 1.165) is 17.5 Å². The van der Waals surface area contributed by atoms with Crippen LogP contribution in [0.4, 0.5) is 0 Å². The lowest BCUT2D eigenvalue weighted by molar-refractivity contribution is -0.139. The van der Waals surface area contributed by atoms with Crippen molar-refractivity contribution < 1.29 is 24.2 Å². The highest BCUT2D eigenvalue weighted by Gasteiger charge is 2.45. The molecule has 0 aliphatic carbocycles. The van der Waals surface area contributed by atoms with Gasteiger partial charge in [0.15, 0.2) is 0 Å². The molecule has 1 aliphatic heterocycles. The number of hydrogen-bond donors (Lipinski definition) is 1. The Morgan fingerprint density at radius 1 is 0.889 bits per heavy atom. The molecule has 1 saturated heterocycles. The van der Waals surface area contributed by atoms with Crippen molar-refractivity contribution in [3.63, 3.8) is 0 Å². The number of aliphatic hydroxyl groups is 1. The first-order chi connectivity index (χ1) is 17.5. The molecule has 6 nitrogen and oxygen atoms in total. The lowest BCUT2D eigenvalue weighted by Crippen LogP contribution is -2.31. The predicted octanol–water partition coefficient (Wildman–Crippen LogP) is 5.54. The standard InChI is InChI=1S/C30H31NO5/c1-3-19-36-24-15-13-22(14-16-24)27-26(28(32)23-11-8-12-25(20-23)35-4-2)29(33)30(34)31(27)18-17-21-9-6-5-7-10-21/h5-16,20,27,32H,3-4,17-19H2,1-2H3/b28-26+. The zero-order valence-corrected chi connectivity index (χ0v) is 20.6. The van der Waals surface area contributed by atoms with Gasteiger partial charge in [0.1, 0.15) is 17.3 Å². The van der Waals surface area contributed by atoms with Gasteiger partial charge >= 0.3 is 0 Å². The van der Waals surface area contributed by atoms with E-state index in [-0.39, 0.29) is 11.3 Å². The average Bonchev–Trinajstić information content (AvgIpc) is 3.16. The zero-order valence-electron chi connectivity index (χ0n) is 20.6. The number of hydrogen-bond acceptors (Lipinski definition) is 5. The summed E-state index contributed by atoms with van der Waals surface area (Å²) < 4.78 is 11.3. The maximum atomic E-state index is 13.3. The molecule has 0 aromatic heterocycles. The quantitative estimate of drug-likeness (QED) is 0.232. The highest BCUT2D eigenvalue weighted by atomic mass is 16.5. The molecule has 1 atom stereocenters. The second-order valence-electron chi connectivity index (χ2n) is 8.61. The Morgan fingerprint density at radius 2 is 1.64 bits per heavy atom. The number of rotatable bonds is 10. The van der Waals surface area contributed by atoms with E-state index in [1.807, 2.05) is 68.4 Å². The SMILES string of the molecule is CCCOc1ccc(C2/C(=C(\O)c3cccc(OCC)c3)C(=O)C(=O)N2CCc2ccccc2)cc1. The van der Waals surface area contributed by atoms with Gasteiger partial charge in [-0.25, -0.2) is 0 Å². The molecule has 0 radical (unpaired) electrons. The number of nitrogens with zero attached hydrogens (tertiary/aromatic N) is 1. The van der Waals surface area contributed by atoms with Crippen LogP contribution in [0.1, 0.15) is 43.0 Å². The smallest absolute Gasteiger partial charge is 0.295 e. The van der Waals surface area contributed by atoms with Crippen molar-refractivity contribution in [2.24, 2.45) is 0 Å². The van der Waals surface area contributed by atoms with Gasteiger partial charge < -0.3 is 19.5 Å². The summed E-state index contributed by atoms with van der Waals surface area (Å²) in [6, 6.07) is 23.4. The van der Waals surface area contributed by atoms with Gasteiger partial charge in [-0.3, -0.25) is 9.59 Å². The Labute approximate surface area is 211 Å². The number of likely N-dealkylation sites (tertiary alicyclic amines) is 1. The number of Topliss-reactive ketones (excluding diaryl/α,β-unsaturated/α-hetero) is 1. The molecule has 1 amide bonds. The molecule has 4 rings (SSSR count). The lowest BCUT2D eigenvalue weighted by atomic mass is 9.95. The van der Waals surface area contributed by atoms with Crippen molar-refractivity contribution in [1.29, 1.82) is 0 Å². The van der Waals surface area contributed by atoms with Gasteiger partial charge in [-0.1, -0.05) is 61.5 Å². The Kier molecular flexibility index (Phi) is 8.06. The number of ether oxygens (including phenoxy) is 2. The maximum absolute atomic E-state index is 13.3. The molecule has 0 spiro atoms. The van der Waals surface area contributed by atoms with Crippen LogP contribution in [0.3, 0.4) is 0 Å². The Bertz CT molecular complexity index is 1230. The first kappa shape index (κ1) is 25.0. The highest BCUT2D eigenvalue weighted by Crippen LogP contribution is 2.40. The van der Waals surface area contributed by atoms with Crippen molar-refractivity contribution in [2.45, 2.75) is 32.7 Å². The summed E-state index contributed by atoms with van der Waals surface area (Å²) in [5.74, 6) is -0.239. The average molecular weight is 486 g/mol. The molecule has 1 aliphatic rings. The summed E-state index contributed by atoms with van der Waals surface area (Å²) in [5, 5.41) is 11.3. The minimum Gasteiger partial charge on any atom is -0.507 e. The minimum atomic E-state index is -0.718. The van der Waals surface area contributed by atoms with Crippen molar-refractivity contribution in [1.82, 2.24) is 4.90 Å². The molecular formula is C30H31NO5. The number of carbonyl (C=O) groups excluding carboxylic acids is 2. The third-order valence-corrected chi connectivity index (χ3v) is 6.11. The first-order valence-corrected chi connectivity index (χ1v) is 12.3. The summed E-state index contributed by atoms with van der Waals surface area (Å²) in [7, 11) is 0. The fraction of sp³-hybridized carbons (Fsp3) is 0.267. The monoisotopic (exact) mass is 485 g/mol. The molecule has 1 heterocycles. The number of carbonyl (C=O) groups is 2. The van der Waals surface area contributed by atoms with E-state index < -0.39 is 17.7 Å². The Hall–Kier alpha value is -4.06. The third-order valence-electron chi connectivity index (χ3n) is 6.11. The predicted molar refractivity (Wildman–Crippen MR) is 139 cm³/mol. The first-order valence-electron chi connectivity index (χ1n) is 12.3. The van der Waals surface area contributed by atoms with Gasteiger partial charge in [0.05, 0.1) is 24.8 Å². The van der Waals surface area contributed by atoms with Crippen molar-refractivity contribution in [2.75, 3.05) is 19.8 Å². The fourth-order valence-electron chi connectivity index (χ4n) is 4.37. The Morgan fingerprint density at radius 3 is 2.33 bits per heavy atom. The van der Waals surface area contributed by atoms with E-state index in [0.29, 0.717) is 43.2 Å². The third kappa shape index (κ3) is 5.43. The fourth-order valence-corrected chi connectivity index (χ4v) is 4.37. The van der Waals surface area contributed by atoms with E-state index in [1.165, 1.54) is 0 Å². The van der Waals surface area contributed by atoms with Gasteiger partial charge in [-0.05, 0) is 55.2 Å². The second-order valence-corrected chi connectivity index (χ2v) is 8.61. The topological polar surface area (TPSA) is 76.1 Å². The van der Waals surface area contributed by atoms with E-state index in [4.69, 9.17) is 9.47 Å². The summed E-state index contributed by atoms with van der Waals surface area (Å²) in [5.41, 5.74) is 2.29. The molecule has 1 N–H and O–H groups in total. The van der Waals surface area contributed by atoms with Gasteiger partial charge in [0.2, 0.25) is 0 Å². The molecule has 3 aromatic carbocycles. The van der Waals surface area contributed by atoms with Crippen LogP contribution < -0.4 is 9.47 Å². The maximum Gasteiger partial charge on any atom is 0.295 e. The van der Waals surface area contributed by atoms with Crippen molar-refractivity contribution >= 4 is 17.4 Å². The summed E-state index contributed by atoms with van der Waals surface area (Å²) in [4.78, 5) is 28.0. The van der Waals surface area contributed by atoms with E-state index in [9.17, 15) is 14.7 Å². The van der Waals surface area contributed by atoms with E-state index >= 15 is 0 Å². The van der Waals surface area contributed by atoms with Crippen LogP contribution in [-0.2, 0) is 16.0 Å². The zero-order chi connectivity index (χ0) is 25.5. The second kappa shape index (κ2) is 11.6. The molecule has 186 valence electrons. The number of amides is 1. The minimum absolute atomic E-state index is 0.0731. The number of ketones is 1. The number of benzene rings is 3. The largest absolute Gasteiger partial charge is 0.507 e. The van der Waals surface area contributed by atoms with E-state index in [1.54, 1.807) is 29.2 Å². The molecule has 6 heteroatoms. The van der Waals surface area contributed by atoms with E-state index in [2.05, 4.69) is 0 Å². The van der Waals surface area contributed by atoms with Crippen LogP contribution in [0.5, 0.6) is 11.5 Å². The summed E-state index contributed by atoms with van der Waals surface area (Å²) >= 11 is 0.